The summed E-state index contributed by atoms with van der Waals surface area (Å²) in [5, 5.41) is 3.84. The third-order valence-corrected chi connectivity index (χ3v) is 5.81. The Morgan fingerprint density at radius 2 is 1.71 bits per heavy atom. The van der Waals surface area contributed by atoms with E-state index in [1.54, 1.807) is 0 Å². The molecular weight excluding hydrogens is 411 g/mol. The molecule has 0 N–H and O–H groups in total. The number of nitrogens with zero attached hydrogens (tertiary/aromatic N) is 5. The highest BCUT2D eigenvalue weighted by molar-refractivity contribution is 5.78. The zero-order chi connectivity index (χ0) is 21.8. The summed E-state index contributed by atoms with van der Waals surface area (Å²) in [5.74, 6) is 0.716. The molecule has 168 valence electrons. The fourth-order valence-corrected chi connectivity index (χ4v) is 4.00. The Balaban J connectivity index is 1.28. The van der Waals surface area contributed by atoms with Crippen LogP contribution in [0.3, 0.4) is 0 Å². The Labute approximate surface area is 178 Å². The fraction of sp³-hybridized carbons (Fsp3) is 0.571. The van der Waals surface area contributed by atoms with E-state index in [1.807, 2.05) is 4.90 Å². The lowest BCUT2D eigenvalue weighted by molar-refractivity contribution is -0.137. The monoisotopic (exact) mass is 437 g/mol. The molecule has 1 amide bonds. The van der Waals surface area contributed by atoms with Gasteiger partial charge in [-0.15, -0.1) is 0 Å². The Bertz CT molecular complexity index is 887. The van der Waals surface area contributed by atoms with Crippen LogP contribution in [0.15, 0.2) is 28.8 Å². The second-order valence-electron chi connectivity index (χ2n) is 8.08. The first-order valence-corrected chi connectivity index (χ1v) is 10.6. The number of benzene rings is 1. The number of hydrogen-bond donors (Lipinski definition) is 0. The topological polar surface area (TPSA) is 65.7 Å². The van der Waals surface area contributed by atoms with Crippen LogP contribution in [0.4, 0.5) is 13.2 Å². The summed E-state index contributed by atoms with van der Waals surface area (Å²) in [4.78, 5) is 23.0. The number of amides is 1. The molecule has 0 saturated carbocycles. The Morgan fingerprint density at radius 1 is 1.00 bits per heavy atom. The predicted molar refractivity (Wildman–Crippen MR) is 107 cm³/mol. The van der Waals surface area contributed by atoms with Crippen LogP contribution in [0.2, 0.25) is 0 Å². The van der Waals surface area contributed by atoms with Gasteiger partial charge in [-0.05, 0) is 31.4 Å². The molecule has 2 aromatic rings. The summed E-state index contributed by atoms with van der Waals surface area (Å²) in [6.07, 6.45) is -1.04. The van der Waals surface area contributed by atoms with Gasteiger partial charge in [0.2, 0.25) is 17.6 Å². The van der Waals surface area contributed by atoms with Crippen molar-refractivity contribution < 1.29 is 22.5 Å². The van der Waals surface area contributed by atoms with Crippen LogP contribution in [0, 0.1) is 0 Å². The van der Waals surface area contributed by atoms with E-state index in [2.05, 4.69) is 19.9 Å². The Morgan fingerprint density at radius 3 is 2.42 bits per heavy atom. The molecule has 7 nitrogen and oxygen atoms in total. The largest absolute Gasteiger partial charge is 0.416 e. The smallest absolute Gasteiger partial charge is 0.342 e. The van der Waals surface area contributed by atoms with E-state index < -0.39 is 11.7 Å². The van der Waals surface area contributed by atoms with Crippen molar-refractivity contribution >= 4 is 5.91 Å². The quantitative estimate of drug-likeness (QED) is 0.717. The van der Waals surface area contributed by atoms with Crippen LogP contribution in [0.25, 0.3) is 11.4 Å². The van der Waals surface area contributed by atoms with Crippen molar-refractivity contribution in [1.29, 1.82) is 0 Å². The zero-order valence-corrected chi connectivity index (χ0v) is 17.3. The summed E-state index contributed by atoms with van der Waals surface area (Å²) in [6, 6.07) is 4.90. The maximum atomic E-state index is 12.9. The van der Waals surface area contributed by atoms with E-state index in [-0.39, 0.29) is 17.3 Å². The number of rotatable bonds is 5. The van der Waals surface area contributed by atoms with E-state index >= 15 is 0 Å². The average Bonchev–Trinajstić information content (AvgIpc) is 3.24. The van der Waals surface area contributed by atoms with Crippen molar-refractivity contribution in [2.45, 2.75) is 32.0 Å². The highest BCUT2D eigenvalue weighted by Gasteiger charge is 2.31. The van der Waals surface area contributed by atoms with Gasteiger partial charge in [-0.2, -0.15) is 18.2 Å². The molecule has 0 unspecified atom stereocenters. The first-order valence-electron chi connectivity index (χ1n) is 10.6. The molecule has 3 heterocycles. The Kier molecular flexibility index (Phi) is 6.57. The van der Waals surface area contributed by atoms with Crippen molar-refractivity contribution in [3.05, 3.63) is 35.7 Å². The molecule has 0 bridgehead atoms. The van der Waals surface area contributed by atoms with Crippen LogP contribution < -0.4 is 0 Å². The summed E-state index contributed by atoms with van der Waals surface area (Å²) in [6.45, 7) is 5.67. The van der Waals surface area contributed by atoms with Crippen molar-refractivity contribution in [2.24, 2.45) is 0 Å². The van der Waals surface area contributed by atoms with Gasteiger partial charge in [-0.1, -0.05) is 17.3 Å². The second-order valence-corrected chi connectivity index (χ2v) is 8.08. The van der Waals surface area contributed by atoms with Gasteiger partial charge in [0, 0.05) is 44.8 Å². The fourth-order valence-electron chi connectivity index (χ4n) is 4.00. The van der Waals surface area contributed by atoms with E-state index in [0.29, 0.717) is 19.0 Å². The van der Waals surface area contributed by atoms with Gasteiger partial charge in [-0.3, -0.25) is 14.6 Å². The van der Waals surface area contributed by atoms with E-state index in [0.717, 1.165) is 64.2 Å². The number of alkyl halides is 3. The highest BCUT2D eigenvalue weighted by Crippen LogP contribution is 2.31. The van der Waals surface area contributed by atoms with Gasteiger partial charge >= 0.3 is 6.18 Å². The van der Waals surface area contributed by atoms with Crippen LogP contribution in [0.5, 0.6) is 0 Å². The number of likely N-dealkylation sites (tertiary alicyclic amines) is 1. The van der Waals surface area contributed by atoms with Crippen LogP contribution >= 0.6 is 0 Å². The molecule has 1 aromatic heterocycles. The minimum absolute atomic E-state index is 0.145. The molecule has 0 radical (unpaired) electrons. The maximum Gasteiger partial charge on any atom is 0.416 e. The zero-order valence-electron chi connectivity index (χ0n) is 17.3. The standard InChI is InChI=1S/C21H26F3N5O2/c22-21(23,24)17-6-4-5-16(13-17)20-25-18(31-26-20)14-27-9-11-28(12-10-27)15-19(30)29-7-2-1-3-8-29/h4-6,13H,1-3,7-12,14-15H2. The SMILES string of the molecule is O=C(CN1CCN(Cc2nc(-c3cccc(C(F)(F)F)c3)no2)CC1)N1CCCCC1. The third-order valence-electron chi connectivity index (χ3n) is 5.81. The normalized spacial score (nSPS) is 19.0. The van der Waals surface area contributed by atoms with Gasteiger partial charge in [0.15, 0.2) is 0 Å². The number of halogens is 3. The molecule has 0 aliphatic carbocycles. The summed E-state index contributed by atoms with van der Waals surface area (Å²) >= 11 is 0. The van der Waals surface area contributed by atoms with Gasteiger partial charge in [0.25, 0.3) is 0 Å². The molecule has 31 heavy (non-hydrogen) atoms. The van der Waals surface area contributed by atoms with Gasteiger partial charge in [-0.25, -0.2) is 0 Å². The lowest BCUT2D eigenvalue weighted by Crippen LogP contribution is -2.50. The first-order chi connectivity index (χ1) is 14.9. The van der Waals surface area contributed by atoms with Crippen molar-refractivity contribution in [2.75, 3.05) is 45.8 Å². The molecule has 2 saturated heterocycles. The number of piperazine rings is 1. The lowest BCUT2D eigenvalue weighted by atomic mass is 10.1. The van der Waals surface area contributed by atoms with E-state index in [4.69, 9.17) is 4.52 Å². The molecule has 4 rings (SSSR count). The van der Waals surface area contributed by atoms with Crippen LogP contribution in [-0.4, -0.2) is 76.6 Å². The summed E-state index contributed by atoms with van der Waals surface area (Å²) < 4.78 is 44.0. The summed E-state index contributed by atoms with van der Waals surface area (Å²) in [7, 11) is 0. The van der Waals surface area contributed by atoms with Gasteiger partial charge in [0.1, 0.15) is 0 Å². The van der Waals surface area contributed by atoms with Crippen LogP contribution in [-0.2, 0) is 17.5 Å². The number of carbonyl (C=O) groups excluding carboxylic acids is 1. The van der Waals surface area contributed by atoms with E-state index in [1.165, 1.54) is 18.6 Å². The first kappa shape index (κ1) is 21.8. The third kappa shape index (κ3) is 5.62. The number of piperidine rings is 1. The molecule has 2 aliphatic heterocycles. The molecule has 0 spiro atoms. The maximum absolute atomic E-state index is 12.9. The molecule has 1 aromatic carbocycles. The molecule has 0 atom stereocenters. The second kappa shape index (κ2) is 9.35. The number of aromatic nitrogens is 2. The minimum Gasteiger partial charge on any atom is -0.342 e. The molecule has 2 fully saturated rings. The molecular formula is C21H26F3N5O2. The van der Waals surface area contributed by atoms with Gasteiger partial charge in [0.05, 0.1) is 18.7 Å². The minimum atomic E-state index is -4.42. The van der Waals surface area contributed by atoms with Crippen molar-refractivity contribution in [1.82, 2.24) is 24.8 Å². The average molecular weight is 437 g/mol. The van der Waals surface area contributed by atoms with Gasteiger partial charge < -0.3 is 9.42 Å². The summed E-state index contributed by atoms with van der Waals surface area (Å²) in [5.41, 5.74) is -0.475. The highest BCUT2D eigenvalue weighted by atomic mass is 19.4. The van der Waals surface area contributed by atoms with Crippen LogP contribution in [0.1, 0.15) is 30.7 Å². The molecule has 2 aliphatic rings. The number of carbonyl (C=O) groups is 1. The lowest BCUT2D eigenvalue weighted by Gasteiger charge is -2.35. The molecule has 10 heteroatoms. The Hall–Kier alpha value is -2.46. The van der Waals surface area contributed by atoms with Crippen molar-refractivity contribution in [3.63, 3.8) is 0 Å². The number of hydrogen-bond acceptors (Lipinski definition) is 6. The van der Waals surface area contributed by atoms with E-state index in [9.17, 15) is 18.0 Å². The predicted octanol–water partition coefficient (Wildman–Crippen LogP) is 2.89. The van der Waals surface area contributed by atoms with Crippen molar-refractivity contribution in [3.8, 4) is 11.4 Å².